The number of aldehydes is 1. The summed E-state index contributed by atoms with van der Waals surface area (Å²) >= 11 is 3.10. The topological polar surface area (TPSA) is 17.1 Å². The predicted octanol–water partition coefficient (Wildman–Crippen LogP) is 2.82. The molecule has 0 aromatic heterocycles. The zero-order valence-electron chi connectivity index (χ0n) is 6.89. The second kappa shape index (κ2) is 2.91. The lowest BCUT2D eigenvalue weighted by Gasteiger charge is -2.07. The fourth-order valence-corrected chi connectivity index (χ4v) is 1.79. The molecule has 0 bridgehead atoms. The average molecular weight is 243 g/mol. The van der Waals surface area contributed by atoms with Gasteiger partial charge in [-0.3, -0.25) is 0 Å². The summed E-state index contributed by atoms with van der Waals surface area (Å²) in [6, 6.07) is 4.77. The number of hydrogen-bond acceptors (Lipinski definition) is 1. The number of carbonyl (C=O) groups is 1. The number of carbonyl (C=O) groups excluding carboxylic acids is 1. The lowest BCUT2D eigenvalue weighted by molar-refractivity contribution is -0.109. The zero-order chi connectivity index (χ0) is 9.47. The van der Waals surface area contributed by atoms with E-state index >= 15 is 0 Å². The highest BCUT2D eigenvalue weighted by Gasteiger charge is 2.44. The summed E-state index contributed by atoms with van der Waals surface area (Å²) in [5.74, 6) is -0.287. The molecule has 0 unspecified atom stereocenters. The van der Waals surface area contributed by atoms with Crippen molar-refractivity contribution in [1.82, 2.24) is 0 Å². The van der Waals surface area contributed by atoms with Gasteiger partial charge in [-0.15, -0.1) is 0 Å². The van der Waals surface area contributed by atoms with Gasteiger partial charge in [0.25, 0.3) is 0 Å². The summed E-state index contributed by atoms with van der Waals surface area (Å²) in [7, 11) is 0. The maximum Gasteiger partial charge on any atom is 0.137 e. The van der Waals surface area contributed by atoms with Crippen LogP contribution in [0.25, 0.3) is 0 Å². The lowest BCUT2D eigenvalue weighted by Crippen LogP contribution is -2.07. The van der Waals surface area contributed by atoms with Crippen molar-refractivity contribution in [3.05, 3.63) is 34.1 Å². The first-order chi connectivity index (χ1) is 6.18. The summed E-state index contributed by atoms with van der Waals surface area (Å²) in [6.07, 6.45) is 2.73. The monoisotopic (exact) mass is 242 g/mol. The molecule has 68 valence electrons. The molecular formula is C10H8BrFO. The standard InChI is InChI=1S/C10H8BrFO/c11-8-5-7(1-2-9(8)12)10(6-13)3-4-10/h1-2,5-6H,3-4H2. The van der Waals surface area contributed by atoms with Gasteiger partial charge in [-0.25, -0.2) is 4.39 Å². The minimum atomic E-state index is -0.309. The third-order valence-electron chi connectivity index (χ3n) is 2.51. The van der Waals surface area contributed by atoms with Crippen LogP contribution in [0.2, 0.25) is 0 Å². The molecule has 1 aliphatic rings. The van der Waals surface area contributed by atoms with Crippen molar-refractivity contribution in [2.24, 2.45) is 0 Å². The van der Waals surface area contributed by atoms with E-state index in [1.165, 1.54) is 6.07 Å². The molecule has 3 heteroatoms. The Morgan fingerprint density at radius 3 is 2.62 bits per heavy atom. The molecule has 0 saturated heterocycles. The first-order valence-corrected chi connectivity index (χ1v) is 4.89. The molecular weight excluding hydrogens is 235 g/mol. The van der Waals surface area contributed by atoms with Crippen molar-refractivity contribution in [2.75, 3.05) is 0 Å². The first-order valence-electron chi connectivity index (χ1n) is 4.10. The molecule has 2 rings (SSSR count). The van der Waals surface area contributed by atoms with Crippen LogP contribution in [-0.2, 0) is 10.2 Å². The summed E-state index contributed by atoms with van der Waals surface area (Å²) in [5, 5.41) is 0. The SMILES string of the molecule is O=CC1(c2ccc(F)c(Br)c2)CC1. The molecule has 1 aromatic carbocycles. The molecule has 1 aromatic rings. The van der Waals surface area contributed by atoms with E-state index in [-0.39, 0.29) is 11.2 Å². The van der Waals surface area contributed by atoms with E-state index in [0.717, 1.165) is 24.7 Å². The van der Waals surface area contributed by atoms with Gasteiger partial charge >= 0.3 is 0 Å². The Labute approximate surface area is 84.1 Å². The number of hydrogen-bond donors (Lipinski definition) is 0. The van der Waals surface area contributed by atoms with Crippen molar-refractivity contribution in [2.45, 2.75) is 18.3 Å². The molecule has 0 spiro atoms. The van der Waals surface area contributed by atoms with E-state index in [4.69, 9.17) is 0 Å². The van der Waals surface area contributed by atoms with Gasteiger partial charge in [-0.1, -0.05) is 6.07 Å². The minimum Gasteiger partial charge on any atom is -0.302 e. The van der Waals surface area contributed by atoms with Gasteiger partial charge < -0.3 is 4.79 Å². The van der Waals surface area contributed by atoms with Crippen LogP contribution in [0.1, 0.15) is 18.4 Å². The minimum absolute atomic E-state index is 0.287. The van der Waals surface area contributed by atoms with Gasteiger partial charge in [-0.05, 0) is 46.5 Å². The highest BCUT2D eigenvalue weighted by Crippen LogP contribution is 2.46. The molecule has 0 heterocycles. The zero-order valence-corrected chi connectivity index (χ0v) is 8.47. The molecule has 0 atom stereocenters. The number of benzene rings is 1. The maximum absolute atomic E-state index is 12.9. The normalized spacial score (nSPS) is 18.3. The van der Waals surface area contributed by atoms with Crippen LogP contribution >= 0.6 is 15.9 Å². The van der Waals surface area contributed by atoms with E-state index in [9.17, 15) is 9.18 Å². The second-order valence-electron chi connectivity index (χ2n) is 3.40. The van der Waals surface area contributed by atoms with Crippen molar-refractivity contribution in [3.63, 3.8) is 0 Å². The lowest BCUT2D eigenvalue weighted by atomic mass is 9.98. The maximum atomic E-state index is 12.9. The Balaban J connectivity index is 2.42. The molecule has 1 aliphatic carbocycles. The Morgan fingerprint density at radius 1 is 1.46 bits per heavy atom. The third kappa shape index (κ3) is 1.41. The molecule has 13 heavy (non-hydrogen) atoms. The molecule has 0 N–H and O–H groups in total. The van der Waals surface area contributed by atoms with Gasteiger partial charge in [0.15, 0.2) is 0 Å². The van der Waals surface area contributed by atoms with Gasteiger partial charge in [-0.2, -0.15) is 0 Å². The van der Waals surface area contributed by atoms with Crippen LogP contribution in [0, 0.1) is 5.82 Å². The summed E-state index contributed by atoms with van der Waals surface area (Å²) in [4.78, 5) is 10.8. The molecule has 1 nitrogen and oxygen atoms in total. The average Bonchev–Trinajstić information content (AvgIpc) is 2.90. The Hall–Kier alpha value is -0.700. The smallest absolute Gasteiger partial charge is 0.137 e. The Kier molecular flexibility index (Phi) is 1.99. The van der Waals surface area contributed by atoms with Crippen LogP contribution in [0.5, 0.6) is 0 Å². The largest absolute Gasteiger partial charge is 0.302 e. The van der Waals surface area contributed by atoms with E-state index in [0.29, 0.717) is 4.47 Å². The third-order valence-corrected chi connectivity index (χ3v) is 3.12. The van der Waals surface area contributed by atoms with E-state index < -0.39 is 0 Å². The molecule has 0 aliphatic heterocycles. The van der Waals surface area contributed by atoms with Crippen LogP contribution in [0.4, 0.5) is 4.39 Å². The molecule has 0 radical (unpaired) electrons. The van der Waals surface area contributed by atoms with Crippen LogP contribution in [0.15, 0.2) is 22.7 Å². The van der Waals surface area contributed by atoms with Crippen molar-refractivity contribution < 1.29 is 9.18 Å². The van der Waals surface area contributed by atoms with Crippen molar-refractivity contribution >= 4 is 22.2 Å². The Morgan fingerprint density at radius 2 is 2.15 bits per heavy atom. The van der Waals surface area contributed by atoms with E-state index in [1.807, 2.05) is 0 Å². The van der Waals surface area contributed by atoms with Gasteiger partial charge in [0, 0.05) is 0 Å². The van der Waals surface area contributed by atoms with Crippen molar-refractivity contribution in [1.29, 1.82) is 0 Å². The second-order valence-corrected chi connectivity index (χ2v) is 4.26. The number of halogens is 2. The molecule has 1 saturated carbocycles. The van der Waals surface area contributed by atoms with Crippen LogP contribution in [-0.4, -0.2) is 6.29 Å². The Bertz CT molecular complexity index is 358. The molecule has 0 amide bonds. The van der Waals surface area contributed by atoms with Crippen LogP contribution in [0.3, 0.4) is 0 Å². The van der Waals surface area contributed by atoms with E-state index in [2.05, 4.69) is 15.9 Å². The van der Waals surface area contributed by atoms with Crippen LogP contribution < -0.4 is 0 Å². The summed E-state index contributed by atoms with van der Waals surface area (Å²) in [5.41, 5.74) is 0.603. The quantitative estimate of drug-likeness (QED) is 0.730. The fraction of sp³-hybridized carbons (Fsp3) is 0.300. The van der Waals surface area contributed by atoms with Gasteiger partial charge in [0.1, 0.15) is 12.1 Å². The van der Waals surface area contributed by atoms with Crippen molar-refractivity contribution in [3.8, 4) is 0 Å². The summed E-state index contributed by atoms with van der Waals surface area (Å²) in [6.45, 7) is 0. The van der Waals surface area contributed by atoms with Gasteiger partial charge in [0.05, 0.1) is 9.89 Å². The first kappa shape index (κ1) is 8.88. The fourth-order valence-electron chi connectivity index (χ4n) is 1.42. The highest BCUT2D eigenvalue weighted by molar-refractivity contribution is 9.10. The van der Waals surface area contributed by atoms with Gasteiger partial charge in [0.2, 0.25) is 0 Å². The predicted molar refractivity (Wildman–Crippen MR) is 51.1 cm³/mol. The summed E-state index contributed by atoms with van der Waals surface area (Å²) < 4.78 is 13.3. The number of rotatable bonds is 2. The highest BCUT2D eigenvalue weighted by atomic mass is 79.9. The van der Waals surface area contributed by atoms with E-state index in [1.54, 1.807) is 12.1 Å². The molecule has 1 fully saturated rings.